The Balaban J connectivity index is 2.48. The van der Waals surface area contributed by atoms with Crippen LogP contribution in [0.15, 0.2) is 73.1 Å². The number of rotatable bonds is 12. The zero-order chi connectivity index (χ0) is 22.4. The molecular weight excluding hydrogens is 376 g/mol. The first-order valence-electron chi connectivity index (χ1n) is 9.95. The SMILES string of the molecule is C=C/C(=C\C=C(/C=C)OCC(C)(C)C#CC)CCC(=O)OCCc1ccc(O)cc1. The van der Waals surface area contributed by atoms with Crippen LogP contribution in [0.4, 0.5) is 0 Å². The molecule has 1 N–H and O–H groups in total. The highest BCUT2D eigenvalue weighted by molar-refractivity contribution is 5.69. The maximum absolute atomic E-state index is 12.0. The van der Waals surface area contributed by atoms with E-state index in [1.165, 1.54) is 0 Å². The van der Waals surface area contributed by atoms with E-state index in [1.807, 2.05) is 45.1 Å². The van der Waals surface area contributed by atoms with Gasteiger partial charge in [-0.15, -0.1) is 5.92 Å². The van der Waals surface area contributed by atoms with E-state index in [2.05, 4.69) is 25.0 Å². The van der Waals surface area contributed by atoms with Gasteiger partial charge in [0.15, 0.2) is 0 Å². The van der Waals surface area contributed by atoms with Crippen molar-refractivity contribution in [1.29, 1.82) is 0 Å². The molecule has 1 aromatic carbocycles. The minimum Gasteiger partial charge on any atom is -0.508 e. The van der Waals surface area contributed by atoms with Crippen LogP contribution in [0.2, 0.25) is 0 Å². The van der Waals surface area contributed by atoms with Gasteiger partial charge in [-0.3, -0.25) is 4.79 Å². The molecule has 0 bridgehead atoms. The van der Waals surface area contributed by atoms with Gasteiger partial charge in [-0.05, 0) is 62.6 Å². The second kappa shape index (κ2) is 13.1. The van der Waals surface area contributed by atoms with E-state index >= 15 is 0 Å². The largest absolute Gasteiger partial charge is 0.508 e. The molecule has 0 atom stereocenters. The Bertz CT molecular complexity index is 830. The monoisotopic (exact) mass is 408 g/mol. The van der Waals surface area contributed by atoms with Crippen molar-refractivity contribution in [3.05, 3.63) is 78.6 Å². The molecule has 4 nitrogen and oxygen atoms in total. The van der Waals surface area contributed by atoms with Gasteiger partial charge in [-0.25, -0.2) is 0 Å². The number of hydrogen-bond acceptors (Lipinski definition) is 4. The van der Waals surface area contributed by atoms with Crippen LogP contribution in [0.1, 0.15) is 39.2 Å². The molecular formula is C26H32O4. The summed E-state index contributed by atoms with van der Waals surface area (Å²) in [5, 5.41) is 9.28. The Morgan fingerprint density at radius 2 is 1.80 bits per heavy atom. The van der Waals surface area contributed by atoms with Crippen molar-refractivity contribution < 1.29 is 19.4 Å². The molecule has 0 saturated heterocycles. The first-order valence-corrected chi connectivity index (χ1v) is 9.95. The van der Waals surface area contributed by atoms with Crippen LogP contribution in [0.25, 0.3) is 0 Å². The third-order valence-electron chi connectivity index (χ3n) is 4.20. The molecule has 0 aliphatic carbocycles. The first-order chi connectivity index (χ1) is 14.3. The van der Waals surface area contributed by atoms with Crippen LogP contribution in [0, 0.1) is 17.3 Å². The molecule has 0 fully saturated rings. The molecule has 1 aromatic rings. The van der Waals surface area contributed by atoms with E-state index in [0.29, 0.717) is 31.8 Å². The maximum Gasteiger partial charge on any atom is 0.306 e. The summed E-state index contributed by atoms with van der Waals surface area (Å²) < 4.78 is 11.1. The van der Waals surface area contributed by atoms with Crippen molar-refractivity contribution in [2.24, 2.45) is 5.41 Å². The average molecular weight is 409 g/mol. The van der Waals surface area contributed by atoms with Crippen LogP contribution < -0.4 is 0 Å². The fraction of sp³-hybridized carbons (Fsp3) is 0.346. The first kappa shape index (κ1) is 24.8. The van der Waals surface area contributed by atoms with E-state index in [9.17, 15) is 9.90 Å². The molecule has 0 radical (unpaired) electrons. The molecule has 4 heteroatoms. The molecule has 0 aliphatic rings. The predicted octanol–water partition coefficient (Wildman–Crippen LogP) is 5.51. The van der Waals surface area contributed by atoms with Crippen molar-refractivity contribution in [1.82, 2.24) is 0 Å². The van der Waals surface area contributed by atoms with Gasteiger partial charge in [0.2, 0.25) is 0 Å². The summed E-state index contributed by atoms with van der Waals surface area (Å²) in [6, 6.07) is 6.85. The number of allylic oxidation sites excluding steroid dienone is 5. The lowest BCUT2D eigenvalue weighted by Gasteiger charge is -2.18. The van der Waals surface area contributed by atoms with Crippen molar-refractivity contribution >= 4 is 5.97 Å². The standard InChI is InChI=1S/C26H32O4/c1-6-18-26(4,5)20-30-24(8-3)15-11-21(7-2)12-16-25(28)29-19-17-22-9-13-23(27)14-10-22/h7-11,13-15,27H,2-3,12,16-17,19-20H2,1,4-5H3/b21-11+,24-15+. The van der Waals surface area contributed by atoms with Gasteiger partial charge in [0.1, 0.15) is 18.1 Å². The minimum absolute atomic E-state index is 0.219. The summed E-state index contributed by atoms with van der Waals surface area (Å²) in [6.07, 6.45) is 8.44. The topological polar surface area (TPSA) is 55.8 Å². The second-order valence-electron chi connectivity index (χ2n) is 7.40. The zero-order valence-electron chi connectivity index (χ0n) is 18.2. The maximum atomic E-state index is 12.0. The van der Waals surface area contributed by atoms with Gasteiger partial charge in [-0.1, -0.05) is 43.4 Å². The third-order valence-corrected chi connectivity index (χ3v) is 4.20. The number of carbonyl (C=O) groups is 1. The number of hydrogen-bond donors (Lipinski definition) is 1. The normalized spacial score (nSPS) is 11.8. The van der Waals surface area contributed by atoms with Crippen molar-refractivity contribution in [3.63, 3.8) is 0 Å². The predicted molar refractivity (Wildman–Crippen MR) is 122 cm³/mol. The summed E-state index contributed by atoms with van der Waals surface area (Å²) in [4.78, 5) is 12.0. The molecule has 0 heterocycles. The average Bonchev–Trinajstić information content (AvgIpc) is 2.71. The molecule has 0 saturated carbocycles. The Labute approximate surface area is 180 Å². The van der Waals surface area contributed by atoms with E-state index in [4.69, 9.17) is 9.47 Å². The number of carbonyl (C=O) groups excluding carboxylic acids is 1. The molecule has 160 valence electrons. The molecule has 0 spiro atoms. The summed E-state index contributed by atoms with van der Waals surface area (Å²) >= 11 is 0. The number of aromatic hydroxyl groups is 1. The number of phenols is 1. The smallest absolute Gasteiger partial charge is 0.306 e. The Kier molecular flexibility index (Phi) is 10.9. The van der Waals surface area contributed by atoms with Crippen LogP contribution >= 0.6 is 0 Å². The Morgan fingerprint density at radius 1 is 1.10 bits per heavy atom. The number of ether oxygens (including phenoxy) is 2. The van der Waals surface area contributed by atoms with Gasteiger partial charge in [0, 0.05) is 12.8 Å². The van der Waals surface area contributed by atoms with Crippen molar-refractivity contribution in [2.75, 3.05) is 13.2 Å². The van der Waals surface area contributed by atoms with Gasteiger partial charge < -0.3 is 14.6 Å². The van der Waals surface area contributed by atoms with Crippen LogP contribution in [-0.2, 0) is 20.7 Å². The molecule has 30 heavy (non-hydrogen) atoms. The Hall–Kier alpha value is -3.19. The number of phenolic OH excluding ortho intramolecular Hbond substituents is 1. The van der Waals surface area contributed by atoms with Gasteiger partial charge in [0.05, 0.1) is 12.0 Å². The molecule has 1 rings (SSSR count). The summed E-state index contributed by atoms with van der Waals surface area (Å²) in [6.45, 7) is 14.2. The van der Waals surface area contributed by atoms with Crippen molar-refractivity contribution in [2.45, 2.75) is 40.0 Å². The number of benzene rings is 1. The number of esters is 1. The van der Waals surface area contributed by atoms with E-state index in [0.717, 1.165) is 11.1 Å². The van der Waals surface area contributed by atoms with Crippen LogP contribution in [0.5, 0.6) is 5.75 Å². The summed E-state index contributed by atoms with van der Waals surface area (Å²) in [7, 11) is 0. The highest BCUT2D eigenvalue weighted by atomic mass is 16.5. The highest BCUT2D eigenvalue weighted by Gasteiger charge is 2.15. The zero-order valence-corrected chi connectivity index (χ0v) is 18.2. The van der Waals surface area contributed by atoms with Gasteiger partial charge in [-0.2, -0.15) is 0 Å². The minimum atomic E-state index is -0.259. The molecule has 0 aliphatic heterocycles. The lowest BCUT2D eigenvalue weighted by Crippen LogP contribution is -2.16. The van der Waals surface area contributed by atoms with Gasteiger partial charge in [0.25, 0.3) is 0 Å². The Morgan fingerprint density at radius 3 is 2.40 bits per heavy atom. The lowest BCUT2D eigenvalue weighted by molar-refractivity contribution is -0.143. The van der Waals surface area contributed by atoms with Crippen LogP contribution in [0.3, 0.4) is 0 Å². The van der Waals surface area contributed by atoms with E-state index in [1.54, 1.807) is 24.3 Å². The quantitative estimate of drug-likeness (QED) is 0.215. The summed E-state index contributed by atoms with van der Waals surface area (Å²) in [5.74, 6) is 6.61. The highest BCUT2D eigenvalue weighted by Crippen LogP contribution is 2.17. The fourth-order valence-electron chi connectivity index (χ4n) is 2.52. The summed E-state index contributed by atoms with van der Waals surface area (Å²) in [5.41, 5.74) is 1.66. The molecule has 0 aromatic heterocycles. The lowest BCUT2D eigenvalue weighted by atomic mass is 9.96. The molecule has 0 unspecified atom stereocenters. The van der Waals surface area contributed by atoms with E-state index in [-0.39, 0.29) is 23.6 Å². The second-order valence-corrected chi connectivity index (χ2v) is 7.40. The van der Waals surface area contributed by atoms with Crippen molar-refractivity contribution in [3.8, 4) is 17.6 Å². The van der Waals surface area contributed by atoms with E-state index < -0.39 is 0 Å². The third kappa shape index (κ3) is 10.4. The fourth-order valence-corrected chi connectivity index (χ4v) is 2.52. The molecule has 0 amide bonds. The van der Waals surface area contributed by atoms with Crippen LogP contribution in [-0.4, -0.2) is 24.3 Å². The van der Waals surface area contributed by atoms with Gasteiger partial charge >= 0.3 is 5.97 Å².